The van der Waals surface area contributed by atoms with Crippen LogP contribution >= 0.6 is 15.9 Å². The number of nitrogens with one attached hydrogen (secondary N) is 1. The van der Waals surface area contributed by atoms with Crippen LogP contribution in [0.4, 0.5) is 0 Å². The van der Waals surface area contributed by atoms with Gasteiger partial charge in [0.15, 0.2) is 0 Å². The highest BCUT2D eigenvalue weighted by atomic mass is 79.9. The fraction of sp³-hybridized carbons (Fsp3) is 0.167. The molecule has 0 aromatic heterocycles. The summed E-state index contributed by atoms with van der Waals surface area (Å²) in [4.78, 5) is 11.9. The van der Waals surface area contributed by atoms with Gasteiger partial charge in [0.1, 0.15) is 5.75 Å². The first-order chi connectivity index (χ1) is 10.6. The van der Waals surface area contributed by atoms with Crippen molar-refractivity contribution in [2.45, 2.75) is 13.5 Å². The minimum Gasteiger partial charge on any atom is -0.496 e. The van der Waals surface area contributed by atoms with Crippen LogP contribution in [0.15, 0.2) is 53.0 Å². The van der Waals surface area contributed by atoms with Crippen molar-refractivity contribution in [3.8, 4) is 5.75 Å². The molecule has 2 aromatic carbocycles. The van der Waals surface area contributed by atoms with Gasteiger partial charge in [0.25, 0.3) is 0 Å². The van der Waals surface area contributed by atoms with Crippen molar-refractivity contribution in [2.24, 2.45) is 0 Å². The number of amides is 1. The summed E-state index contributed by atoms with van der Waals surface area (Å²) >= 11 is 3.41. The predicted octanol–water partition coefficient (Wildman–Crippen LogP) is 4.10. The van der Waals surface area contributed by atoms with Crippen LogP contribution in [0.3, 0.4) is 0 Å². The monoisotopic (exact) mass is 359 g/mol. The van der Waals surface area contributed by atoms with E-state index in [0.717, 1.165) is 21.3 Å². The van der Waals surface area contributed by atoms with E-state index in [1.807, 2.05) is 49.4 Å². The molecular weight excluding hydrogens is 342 g/mol. The molecule has 0 bridgehead atoms. The molecule has 22 heavy (non-hydrogen) atoms. The molecule has 2 rings (SSSR count). The zero-order chi connectivity index (χ0) is 15.9. The Kier molecular flexibility index (Phi) is 5.78. The molecule has 4 heteroatoms. The maximum absolute atomic E-state index is 11.9. The highest BCUT2D eigenvalue weighted by Gasteiger charge is 2.02. The number of rotatable bonds is 5. The normalized spacial score (nSPS) is 10.7. The van der Waals surface area contributed by atoms with Crippen LogP contribution in [0.2, 0.25) is 0 Å². The van der Waals surface area contributed by atoms with Gasteiger partial charge in [-0.25, -0.2) is 0 Å². The highest BCUT2D eigenvalue weighted by Crippen LogP contribution is 2.24. The molecule has 0 radical (unpaired) electrons. The molecule has 0 unspecified atom stereocenters. The summed E-state index contributed by atoms with van der Waals surface area (Å²) in [5.74, 6) is 0.594. The second-order valence-electron chi connectivity index (χ2n) is 4.86. The number of hydrogen-bond acceptors (Lipinski definition) is 2. The molecule has 1 N–H and O–H groups in total. The van der Waals surface area contributed by atoms with Gasteiger partial charge >= 0.3 is 0 Å². The van der Waals surface area contributed by atoms with E-state index in [9.17, 15) is 4.79 Å². The molecule has 3 nitrogen and oxygen atoms in total. The van der Waals surface area contributed by atoms with Crippen LogP contribution in [-0.4, -0.2) is 13.0 Å². The molecule has 1 amide bonds. The first-order valence-electron chi connectivity index (χ1n) is 6.94. The fourth-order valence-corrected chi connectivity index (χ4v) is 2.43. The van der Waals surface area contributed by atoms with Crippen molar-refractivity contribution in [1.82, 2.24) is 5.32 Å². The molecule has 114 valence electrons. The first kappa shape index (κ1) is 16.3. The number of aryl methyl sites for hydroxylation is 1. The number of carbonyl (C=O) groups excluding carboxylic acids is 1. The molecule has 0 saturated carbocycles. The number of ether oxygens (including phenoxy) is 1. The Hall–Kier alpha value is -2.07. The lowest BCUT2D eigenvalue weighted by Gasteiger charge is -2.07. The standard InChI is InChI=1S/C18H18BrNO2/c1-13-5-3-4-6-15(13)12-20-18(21)10-7-14-11-16(19)8-9-17(14)22-2/h3-11H,12H2,1-2H3,(H,20,21)/b10-7+. The number of carbonyl (C=O) groups is 1. The van der Waals surface area contributed by atoms with Crippen molar-refractivity contribution in [1.29, 1.82) is 0 Å². The molecule has 0 spiro atoms. The number of halogens is 1. The van der Waals surface area contributed by atoms with E-state index in [1.54, 1.807) is 13.2 Å². The number of benzene rings is 2. The molecule has 0 aliphatic carbocycles. The zero-order valence-corrected chi connectivity index (χ0v) is 14.2. The maximum atomic E-state index is 11.9. The second-order valence-corrected chi connectivity index (χ2v) is 5.78. The summed E-state index contributed by atoms with van der Waals surface area (Å²) < 4.78 is 6.21. The molecule has 0 atom stereocenters. The summed E-state index contributed by atoms with van der Waals surface area (Å²) in [6.07, 6.45) is 3.26. The van der Waals surface area contributed by atoms with E-state index in [2.05, 4.69) is 21.2 Å². The Morgan fingerprint density at radius 2 is 2.05 bits per heavy atom. The van der Waals surface area contributed by atoms with Crippen LogP contribution in [0.25, 0.3) is 6.08 Å². The lowest BCUT2D eigenvalue weighted by atomic mass is 10.1. The van der Waals surface area contributed by atoms with E-state index >= 15 is 0 Å². The van der Waals surface area contributed by atoms with Crippen molar-refractivity contribution in [3.05, 3.63) is 69.7 Å². The molecule has 0 fully saturated rings. The van der Waals surface area contributed by atoms with Crippen molar-refractivity contribution in [3.63, 3.8) is 0 Å². The average molecular weight is 360 g/mol. The van der Waals surface area contributed by atoms with Crippen molar-refractivity contribution < 1.29 is 9.53 Å². The lowest BCUT2D eigenvalue weighted by molar-refractivity contribution is -0.116. The van der Waals surface area contributed by atoms with E-state index in [1.165, 1.54) is 11.6 Å². The maximum Gasteiger partial charge on any atom is 0.244 e. The third kappa shape index (κ3) is 4.46. The Balaban J connectivity index is 2.00. The van der Waals surface area contributed by atoms with Gasteiger partial charge in [0, 0.05) is 22.7 Å². The van der Waals surface area contributed by atoms with Gasteiger partial charge in [-0.05, 0) is 42.3 Å². The van der Waals surface area contributed by atoms with Crippen molar-refractivity contribution in [2.75, 3.05) is 7.11 Å². The average Bonchev–Trinajstić information content (AvgIpc) is 2.52. The Bertz CT molecular complexity index is 695. The van der Waals surface area contributed by atoms with E-state index < -0.39 is 0 Å². The largest absolute Gasteiger partial charge is 0.496 e. The van der Waals surface area contributed by atoms with Gasteiger partial charge in [-0.3, -0.25) is 4.79 Å². The van der Waals surface area contributed by atoms with Gasteiger partial charge in [0.05, 0.1) is 7.11 Å². The molecule has 2 aromatic rings. The summed E-state index contributed by atoms with van der Waals surface area (Å²) in [5.41, 5.74) is 3.13. The smallest absolute Gasteiger partial charge is 0.244 e. The van der Waals surface area contributed by atoms with Crippen LogP contribution in [0, 0.1) is 6.92 Å². The summed E-state index contributed by atoms with van der Waals surface area (Å²) in [6.45, 7) is 2.55. The quantitative estimate of drug-likeness (QED) is 0.816. The summed E-state index contributed by atoms with van der Waals surface area (Å²) in [6, 6.07) is 13.7. The highest BCUT2D eigenvalue weighted by molar-refractivity contribution is 9.10. The predicted molar refractivity (Wildman–Crippen MR) is 92.8 cm³/mol. The summed E-state index contributed by atoms with van der Waals surface area (Å²) in [5, 5.41) is 2.88. The molecular formula is C18H18BrNO2. The summed E-state index contributed by atoms with van der Waals surface area (Å²) in [7, 11) is 1.61. The molecule has 0 saturated heterocycles. The molecule has 0 heterocycles. The van der Waals surface area contributed by atoms with Gasteiger partial charge in [-0.15, -0.1) is 0 Å². The minimum atomic E-state index is -0.134. The zero-order valence-electron chi connectivity index (χ0n) is 12.6. The van der Waals surface area contributed by atoms with Crippen LogP contribution < -0.4 is 10.1 Å². The lowest BCUT2D eigenvalue weighted by Crippen LogP contribution is -2.20. The van der Waals surface area contributed by atoms with Gasteiger partial charge < -0.3 is 10.1 Å². The van der Waals surface area contributed by atoms with E-state index in [-0.39, 0.29) is 5.91 Å². The van der Waals surface area contributed by atoms with Gasteiger partial charge in [0.2, 0.25) is 5.91 Å². The van der Waals surface area contributed by atoms with Crippen LogP contribution in [0.1, 0.15) is 16.7 Å². The number of methoxy groups -OCH3 is 1. The van der Waals surface area contributed by atoms with Crippen LogP contribution in [0.5, 0.6) is 5.75 Å². The van der Waals surface area contributed by atoms with E-state index in [4.69, 9.17) is 4.74 Å². The second kappa shape index (κ2) is 7.80. The van der Waals surface area contributed by atoms with Crippen LogP contribution in [-0.2, 0) is 11.3 Å². The Morgan fingerprint density at radius 3 is 2.77 bits per heavy atom. The van der Waals surface area contributed by atoms with Crippen molar-refractivity contribution >= 4 is 27.9 Å². The van der Waals surface area contributed by atoms with E-state index in [0.29, 0.717) is 6.54 Å². The first-order valence-corrected chi connectivity index (χ1v) is 7.73. The molecule has 0 aliphatic rings. The minimum absolute atomic E-state index is 0.134. The van der Waals surface area contributed by atoms with Gasteiger partial charge in [-0.1, -0.05) is 40.2 Å². The Morgan fingerprint density at radius 1 is 1.27 bits per heavy atom. The third-order valence-electron chi connectivity index (χ3n) is 3.32. The SMILES string of the molecule is COc1ccc(Br)cc1/C=C/C(=O)NCc1ccccc1C. The third-order valence-corrected chi connectivity index (χ3v) is 3.81. The molecule has 0 aliphatic heterocycles. The number of hydrogen-bond donors (Lipinski definition) is 1. The van der Waals surface area contributed by atoms with Gasteiger partial charge in [-0.2, -0.15) is 0 Å². The fourth-order valence-electron chi connectivity index (χ4n) is 2.05. The Labute approximate surface area is 139 Å². The topological polar surface area (TPSA) is 38.3 Å².